The number of ether oxygens (including phenoxy) is 1. The molecular formula is C6H13NO4. The molecule has 5 heteroatoms. The molecule has 1 rings (SSSR count). The fourth-order valence-corrected chi connectivity index (χ4v) is 1.14. The van der Waals surface area contributed by atoms with E-state index in [0.29, 0.717) is 0 Å². The van der Waals surface area contributed by atoms with E-state index < -0.39 is 24.5 Å². The van der Waals surface area contributed by atoms with Gasteiger partial charge in [-0.2, -0.15) is 0 Å². The third kappa shape index (κ3) is 1.88. The van der Waals surface area contributed by atoms with Crippen molar-refractivity contribution in [2.75, 3.05) is 6.61 Å². The van der Waals surface area contributed by atoms with Gasteiger partial charge >= 0.3 is 0 Å². The standard InChI is InChI=1S/C6H13NO4/c7-5-1-3(9)6(10)4(2-8)11-5/h3-6,8-10H,1-2,7H2/t3?,4?,5-,6-/m0/s1. The quantitative estimate of drug-likeness (QED) is 0.351. The van der Waals surface area contributed by atoms with Crippen LogP contribution in [0.1, 0.15) is 6.42 Å². The van der Waals surface area contributed by atoms with Gasteiger partial charge in [0.2, 0.25) is 0 Å². The molecule has 0 amide bonds. The lowest BCUT2D eigenvalue weighted by Gasteiger charge is -2.34. The van der Waals surface area contributed by atoms with Crippen molar-refractivity contribution in [3.63, 3.8) is 0 Å². The Kier molecular flexibility index (Phi) is 2.80. The molecule has 5 nitrogen and oxygen atoms in total. The molecule has 2 unspecified atom stereocenters. The van der Waals surface area contributed by atoms with Crippen LogP contribution in [0, 0.1) is 0 Å². The molecule has 0 saturated carbocycles. The molecule has 5 N–H and O–H groups in total. The monoisotopic (exact) mass is 163 g/mol. The Morgan fingerprint density at radius 2 is 2.09 bits per heavy atom. The molecule has 0 aliphatic carbocycles. The Morgan fingerprint density at radius 1 is 1.45 bits per heavy atom. The molecule has 0 bridgehead atoms. The highest BCUT2D eigenvalue weighted by Gasteiger charge is 2.34. The normalized spacial score (nSPS) is 45.8. The van der Waals surface area contributed by atoms with E-state index in [-0.39, 0.29) is 13.0 Å². The van der Waals surface area contributed by atoms with Gasteiger partial charge in [-0.3, -0.25) is 0 Å². The van der Waals surface area contributed by atoms with Gasteiger partial charge < -0.3 is 25.8 Å². The molecular weight excluding hydrogens is 150 g/mol. The smallest absolute Gasteiger partial charge is 0.111 e. The highest BCUT2D eigenvalue weighted by Crippen LogP contribution is 2.16. The summed E-state index contributed by atoms with van der Waals surface area (Å²) in [7, 11) is 0. The van der Waals surface area contributed by atoms with Crippen molar-refractivity contribution in [2.45, 2.75) is 31.0 Å². The molecule has 0 aromatic rings. The van der Waals surface area contributed by atoms with Gasteiger partial charge in [0.05, 0.1) is 12.7 Å². The predicted molar refractivity (Wildman–Crippen MR) is 36.6 cm³/mol. The van der Waals surface area contributed by atoms with Crippen molar-refractivity contribution in [3.05, 3.63) is 0 Å². The first-order valence-electron chi connectivity index (χ1n) is 3.53. The van der Waals surface area contributed by atoms with Crippen molar-refractivity contribution in [1.29, 1.82) is 0 Å². The summed E-state index contributed by atoms with van der Waals surface area (Å²) in [5.74, 6) is 0. The fourth-order valence-electron chi connectivity index (χ4n) is 1.14. The minimum atomic E-state index is -1.03. The van der Waals surface area contributed by atoms with Crippen LogP contribution in [0.25, 0.3) is 0 Å². The van der Waals surface area contributed by atoms with E-state index in [2.05, 4.69) is 0 Å². The van der Waals surface area contributed by atoms with Gasteiger partial charge in [-0.15, -0.1) is 0 Å². The summed E-state index contributed by atoms with van der Waals surface area (Å²) in [5, 5.41) is 26.9. The largest absolute Gasteiger partial charge is 0.394 e. The van der Waals surface area contributed by atoms with Crippen LogP contribution in [-0.2, 0) is 4.74 Å². The Morgan fingerprint density at radius 3 is 2.64 bits per heavy atom. The molecule has 4 atom stereocenters. The predicted octanol–water partition coefficient (Wildman–Crippen LogP) is -2.23. The summed E-state index contributed by atoms with van der Waals surface area (Å²) in [4.78, 5) is 0. The molecule has 66 valence electrons. The summed E-state index contributed by atoms with van der Waals surface area (Å²) < 4.78 is 4.94. The molecule has 1 aliphatic rings. The lowest BCUT2D eigenvalue weighted by Crippen LogP contribution is -2.52. The molecule has 0 spiro atoms. The van der Waals surface area contributed by atoms with Crippen LogP contribution in [0.5, 0.6) is 0 Å². The Balaban J connectivity index is 2.51. The molecule has 0 aromatic heterocycles. The average Bonchev–Trinajstić information content (AvgIpc) is 1.96. The van der Waals surface area contributed by atoms with Crippen LogP contribution in [0.15, 0.2) is 0 Å². The number of nitrogens with two attached hydrogens (primary N) is 1. The average molecular weight is 163 g/mol. The van der Waals surface area contributed by atoms with E-state index in [4.69, 9.17) is 25.8 Å². The van der Waals surface area contributed by atoms with E-state index >= 15 is 0 Å². The van der Waals surface area contributed by atoms with Gasteiger partial charge in [-0.1, -0.05) is 0 Å². The van der Waals surface area contributed by atoms with Gasteiger partial charge in [0.25, 0.3) is 0 Å². The van der Waals surface area contributed by atoms with Gasteiger partial charge in [-0.05, 0) is 0 Å². The highest BCUT2D eigenvalue weighted by atomic mass is 16.5. The third-order valence-electron chi connectivity index (χ3n) is 1.78. The minimum Gasteiger partial charge on any atom is -0.394 e. The number of hydrogen-bond donors (Lipinski definition) is 4. The topological polar surface area (TPSA) is 95.9 Å². The molecule has 11 heavy (non-hydrogen) atoms. The van der Waals surface area contributed by atoms with E-state index in [1.54, 1.807) is 0 Å². The summed E-state index contributed by atoms with van der Waals surface area (Å²) >= 11 is 0. The van der Waals surface area contributed by atoms with E-state index in [0.717, 1.165) is 0 Å². The molecule has 0 radical (unpaired) electrons. The van der Waals surface area contributed by atoms with Crippen molar-refractivity contribution in [3.8, 4) is 0 Å². The summed E-state index contributed by atoms with van der Waals surface area (Å²) in [6, 6.07) is 0. The van der Waals surface area contributed by atoms with E-state index in [1.807, 2.05) is 0 Å². The Labute approximate surface area is 64.4 Å². The number of aliphatic hydroxyl groups is 3. The van der Waals surface area contributed by atoms with Crippen LogP contribution in [0.4, 0.5) is 0 Å². The SMILES string of the molecule is N[C@@H]1CC(O)[C@H](O)C(CO)O1. The van der Waals surface area contributed by atoms with Crippen LogP contribution in [0.2, 0.25) is 0 Å². The lowest BCUT2D eigenvalue weighted by atomic mass is 10.0. The summed E-state index contributed by atoms with van der Waals surface area (Å²) in [6.45, 7) is -0.327. The zero-order valence-electron chi connectivity index (χ0n) is 6.05. The van der Waals surface area contributed by atoms with Crippen LogP contribution in [-0.4, -0.2) is 46.5 Å². The zero-order valence-corrected chi connectivity index (χ0v) is 6.05. The summed E-state index contributed by atoms with van der Waals surface area (Å²) in [5.41, 5.74) is 5.35. The first-order chi connectivity index (χ1) is 5.15. The second-order valence-electron chi connectivity index (χ2n) is 2.69. The third-order valence-corrected chi connectivity index (χ3v) is 1.78. The maximum atomic E-state index is 9.16. The zero-order chi connectivity index (χ0) is 8.43. The second-order valence-corrected chi connectivity index (χ2v) is 2.69. The van der Waals surface area contributed by atoms with Crippen LogP contribution < -0.4 is 5.73 Å². The van der Waals surface area contributed by atoms with E-state index in [9.17, 15) is 0 Å². The molecule has 1 fully saturated rings. The Bertz CT molecular complexity index is 132. The van der Waals surface area contributed by atoms with Gasteiger partial charge in [0.15, 0.2) is 0 Å². The lowest BCUT2D eigenvalue weighted by molar-refractivity contribution is -0.177. The number of aliphatic hydroxyl groups excluding tert-OH is 3. The van der Waals surface area contributed by atoms with Crippen LogP contribution in [0.3, 0.4) is 0 Å². The molecule has 1 saturated heterocycles. The van der Waals surface area contributed by atoms with E-state index in [1.165, 1.54) is 0 Å². The van der Waals surface area contributed by atoms with Gasteiger partial charge in [0.1, 0.15) is 18.4 Å². The maximum absolute atomic E-state index is 9.16. The molecule has 1 heterocycles. The number of rotatable bonds is 1. The first-order valence-corrected chi connectivity index (χ1v) is 3.53. The Hall–Kier alpha value is -0.200. The number of hydrogen-bond acceptors (Lipinski definition) is 5. The maximum Gasteiger partial charge on any atom is 0.111 e. The molecule has 1 aliphatic heterocycles. The highest BCUT2D eigenvalue weighted by molar-refractivity contribution is 4.82. The first kappa shape index (κ1) is 8.89. The fraction of sp³-hybridized carbons (Fsp3) is 1.00. The van der Waals surface area contributed by atoms with Crippen LogP contribution >= 0.6 is 0 Å². The second kappa shape index (κ2) is 3.46. The van der Waals surface area contributed by atoms with Crippen molar-refractivity contribution in [2.24, 2.45) is 5.73 Å². The molecule has 0 aromatic carbocycles. The summed E-state index contributed by atoms with van der Waals surface area (Å²) in [6.07, 6.45) is -3.06. The van der Waals surface area contributed by atoms with Crippen molar-refractivity contribution < 1.29 is 20.1 Å². The van der Waals surface area contributed by atoms with Crippen molar-refractivity contribution in [1.82, 2.24) is 0 Å². The van der Waals surface area contributed by atoms with Gasteiger partial charge in [-0.25, -0.2) is 0 Å². The van der Waals surface area contributed by atoms with Crippen molar-refractivity contribution >= 4 is 0 Å². The van der Waals surface area contributed by atoms with Gasteiger partial charge in [0, 0.05) is 6.42 Å². The minimum absolute atomic E-state index is 0.206.